The van der Waals surface area contributed by atoms with Crippen molar-refractivity contribution in [1.82, 2.24) is 4.98 Å². The minimum Gasteiger partial charge on any atom is -0.506 e. The highest BCUT2D eigenvalue weighted by Gasteiger charge is 2.02. The number of hydrogen-bond donors (Lipinski definition) is 2. The molecule has 0 saturated carbocycles. The summed E-state index contributed by atoms with van der Waals surface area (Å²) in [6.45, 7) is 2.00. The Labute approximate surface area is 65.9 Å². The fourth-order valence-corrected chi connectivity index (χ4v) is 0.826. The molecule has 1 aromatic rings. The molecular formula is C8H12N2O. The Morgan fingerprint density at radius 2 is 2.36 bits per heavy atom. The van der Waals surface area contributed by atoms with E-state index in [0.717, 1.165) is 12.1 Å². The van der Waals surface area contributed by atoms with Gasteiger partial charge < -0.3 is 10.8 Å². The van der Waals surface area contributed by atoms with Gasteiger partial charge in [-0.15, -0.1) is 0 Å². The van der Waals surface area contributed by atoms with Crippen LogP contribution in [0, 0.1) is 0 Å². The predicted molar refractivity (Wildman–Crippen MR) is 43.1 cm³/mol. The van der Waals surface area contributed by atoms with Crippen molar-refractivity contribution >= 4 is 0 Å². The minimum absolute atomic E-state index is 0.0180. The van der Waals surface area contributed by atoms with Crippen LogP contribution in [-0.2, 0) is 0 Å². The highest BCUT2D eigenvalue weighted by atomic mass is 16.3. The van der Waals surface area contributed by atoms with Crippen LogP contribution in [0.25, 0.3) is 0 Å². The Hall–Kier alpha value is -1.09. The maximum atomic E-state index is 8.91. The zero-order valence-corrected chi connectivity index (χ0v) is 6.49. The van der Waals surface area contributed by atoms with E-state index < -0.39 is 0 Å². The first-order valence-electron chi connectivity index (χ1n) is 3.64. The van der Waals surface area contributed by atoms with Gasteiger partial charge in [-0.25, -0.2) is 0 Å². The van der Waals surface area contributed by atoms with Crippen molar-refractivity contribution in [2.45, 2.75) is 19.4 Å². The molecular weight excluding hydrogens is 140 g/mol. The zero-order valence-electron chi connectivity index (χ0n) is 6.49. The summed E-state index contributed by atoms with van der Waals surface area (Å²) in [5, 5.41) is 8.91. The SMILES string of the molecule is CC[C@@H](N)c1ccc(O)cn1. The molecule has 0 aromatic carbocycles. The van der Waals surface area contributed by atoms with Crippen molar-refractivity contribution in [3.63, 3.8) is 0 Å². The minimum atomic E-state index is -0.0180. The summed E-state index contributed by atoms with van der Waals surface area (Å²) in [6.07, 6.45) is 2.27. The van der Waals surface area contributed by atoms with Crippen LogP contribution in [0.2, 0.25) is 0 Å². The van der Waals surface area contributed by atoms with Gasteiger partial charge in [0.15, 0.2) is 0 Å². The van der Waals surface area contributed by atoms with Gasteiger partial charge >= 0.3 is 0 Å². The van der Waals surface area contributed by atoms with Crippen LogP contribution >= 0.6 is 0 Å². The van der Waals surface area contributed by atoms with Crippen molar-refractivity contribution in [1.29, 1.82) is 0 Å². The molecule has 0 fully saturated rings. The van der Waals surface area contributed by atoms with Crippen LogP contribution in [-0.4, -0.2) is 10.1 Å². The van der Waals surface area contributed by atoms with Crippen LogP contribution in [0.15, 0.2) is 18.3 Å². The lowest BCUT2D eigenvalue weighted by molar-refractivity contribution is 0.471. The molecule has 1 aromatic heterocycles. The van der Waals surface area contributed by atoms with Crippen molar-refractivity contribution in [2.75, 3.05) is 0 Å². The van der Waals surface area contributed by atoms with Gasteiger partial charge in [0.1, 0.15) is 5.75 Å². The van der Waals surface area contributed by atoms with E-state index in [1.54, 1.807) is 12.1 Å². The first-order chi connectivity index (χ1) is 5.24. The van der Waals surface area contributed by atoms with E-state index in [1.165, 1.54) is 6.20 Å². The van der Waals surface area contributed by atoms with Gasteiger partial charge in [-0.05, 0) is 18.6 Å². The van der Waals surface area contributed by atoms with E-state index in [2.05, 4.69) is 4.98 Å². The van der Waals surface area contributed by atoms with E-state index in [-0.39, 0.29) is 11.8 Å². The molecule has 11 heavy (non-hydrogen) atoms. The van der Waals surface area contributed by atoms with Crippen molar-refractivity contribution in [3.8, 4) is 5.75 Å². The molecule has 60 valence electrons. The molecule has 0 aliphatic heterocycles. The first-order valence-corrected chi connectivity index (χ1v) is 3.64. The summed E-state index contributed by atoms with van der Waals surface area (Å²) in [5.74, 6) is 0.178. The van der Waals surface area contributed by atoms with E-state index in [9.17, 15) is 0 Å². The normalized spacial score (nSPS) is 12.9. The number of hydrogen-bond acceptors (Lipinski definition) is 3. The molecule has 0 amide bonds. The summed E-state index contributed by atoms with van der Waals surface area (Å²) in [4.78, 5) is 3.97. The average Bonchev–Trinajstić information content (AvgIpc) is 2.05. The highest BCUT2D eigenvalue weighted by Crippen LogP contribution is 2.13. The van der Waals surface area contributed by atoms with Gasteiger partial charge in [0.25, 0.3) is 0 Å². The molecule has 1 atom stereocenters. The second kappa shape index (κ2) is 3.34. The molecule has 0 bridgehead atoms. The summed E-state index contributed by atoms with van der Waals surface area (Å²) in [6, 6.07) is 3.32. The van der Waals surface area contributed by atoms with Gasteiger partial charge in [-0.1, -0.05) is 6.92 Å². The second-order valence-electron chi connectivity index (χ2n) is 2.46. The largest absolute Gasteiger partial charge is 0.506 e. The third kappa shape index (κ3) is 1.91. The molecule has 1 heterocycles. The molecule has 0 spiro atoms. The fraction of sp³-hybridized carbons (Fsp3) is 0.375. The van der Waals surface area contributed by atoms with E-state index in [1.807, 2.05) is 6.92 Å². The lowest BCUT2D eigenvalue weighted by Crippen LogP contribution is -2.09. The van der Waals surface area contributed by atoms with Crippen molar-refractivity contribution in [2.24, 2.45) is 5.73 Å². The van der Waals surface area contributed by atoms with Gasteiger partial charge in [0, 0.05) is 6.04 Å². The Kier molecular flexibility index (Phi) is 2.44. The maximum Gasteiger partial charge on any atom is 0.133 e. The number of nitrogens with two attached hydrogens (primary N) is 1. The first kappa shape index (κ1) is 8.01. The summed E-state index contributed by atoms with van der Waals surface area (Å²) in [7, 11) is 0. The molecule has 0 radical (unpaired) electrons. The van der Waals surface area contributed by atoms with Gasteiger partial charge in [-0.3, -0.25) is 4.98 Å². The number of aromatic hydroxyl groups is 1. The molecule has 0 saturated heterocycles. The Bertz CT molecular complexity index is 220. The second-order valence-corrected chi connectivity index (χ2v) is 2.46. The van der Waals surface area contributed by atoms with Gasteiger partial charge in [0.05, 0.1) is 11.9 Å². The lowest BCUT2D eigenvalue weighted by Gasteiger charge is -2.06. The number of rotatable bonds is 2. The van der Waals surface area contributed by atoms with Gasteiger partial charge in [-0.2, -0.15) is 0 Å². The van der Waals surface area contributed by atoms with E-state index >= 15 is 0 Å². The quantitative estimate of drug-likeness (QED) is 0.669. The van der Waals surface area contributed by atoms with Crippen LogP contribution < -0.4 is 5.73 Å². The molecule has 3 heteroatoms. The molecule has 3 nitrogen and oxygen atoms in total. The highest BCUT2D eigenvalue weighted by molar-refractivity contribution is 5.19. The van der Waals surface area contributed by atoms with E-state index in [4.69, 9.17) is 10.8 Å². The third-order valence-corrected chi connectivity index (χ3v) is 1.59. The molecule has 0 aliphatic carbocycles. The summed E-state index contributed by atoms with van der Waals surface area (Å²) < 4.78 is 0. The third-order valence-electron chi connectivity index (χ3n) is 1.59. The van der Waals surface area contributed by atoms with Crippen LogP contribution in [0.1, 0.15) is 25.1 Å². The van der Waals surface area contributed by atoms with Gasteiger partial charge in [0.2, 0.25) is 0 Å². The zero-order chi connectivity index (χ0) is 8.27. The predicted octanol–water partition coefficient (Wildman–Crippen LogP) is 1.20. The standard InChI is InChI=1S/C8H12N2O/c1-2-7(9)8-4-3-6(11)5-10-8/h3-5,7,11H,2,9H2,1H3/t7-/m1/s1. The fourth-order valence-electron chi connectivity index (χ4n) is 0.826. The molecule has 0 aliphatic rings. The lowest BCUT2D eigenvalue weighted by atomic mass is 10.1. The maximum absolute atomic E-state index is 8.91. The van der Waals surface area contributed by atoms with Crippen LogP contribution in [0.4, 0.5) is 0 Å². The van der Waals surface area contributed by atoms with E-state index in [0.29, 0.717) is 0 Å². The monoisotopic (exact) mass is 152 g/mol. The molecule has 1 rings (SSSR count). The Balaban J connectivity index is 2.81. The van der Waals surface area contributed by atoms with Crippen molar-refractivity contribution < 1.29 is 5.11 Å². The Morgan fingerprint density at radius 3 is 2.82 bits per heavy atom. The molecule has 0 unspecified atom stereocenters. The van der Waals surface area contributed by atoms with Crippen molar-refractivity contribution in [3.05, 3.63) is 24.0 Å². The smallest absolute Gasteiger partial charge is 0.133 e. The number of pyridine rings is 1. The summed E-state index contributed by atoms with van der Waals surface area (Å²) >= 11 is 0. The van der Waals surface area contributed by atoms with Crippen LogP contribution in [0.5, 0.6) is 5.75 Å². The number of aromatic nitrogens is 1. The average molecular weight is 152 g/mol. The Morgan fingerprint density at radius 1 is 1.64 bits per heavy atom. The molecule has 3 N–H and O–H groups in total. The topological polar surface area (TPSA) is 59.1 Å². The number of nitrogens with zero attached hydrogens (tertiary/aromatic N) is 1. The van der Waals surface area contributed by atoms with Crippen LogP contribution in [0.3, 0.4) is 0 Å². The summed E-state index contributed by atoms with van der Waals surface area (Å²) in [5.41, 5.74) is 6.52.